The van der Waals surface area contributed by atoms with E-state index in [1.165, 1.54) is 31.4 Å². The molecule has 0 aliphatic rings. The Morgan fingerprint density at radius 3 is 1.84 bits per heavy atom. The van der Waals surface area contributed by atoms with Gasteiger partial charge in [-0.05, 0) is 48.5 Å². The van der Waals surface area contributed by atoms with Crippen LogP contribution in [0.4, 0.5) is 8.78 Å². The highest BCUT2D eigenvalue weighted by molar-refractivity contribution is 7.91. The lowest BCUT2D eigenvalue weighted by atomic mass is 10.2. The molecule has 25 heavy (non-hydrogen) atoms. The molecule has 2 rings (SSSR count). The summed E-state index contributed by atoms with van der Waals surface area (Å²) in [7, 11) is -3.49. The van der Waals surface area contributed by atoms with E-state index >= 15 is 0 Å². The third kappa shape index (κ3) is 4.18. The molecule has 0 aliphatic heterocycles. The number of sulfone groups is 1. The second-order valence-corrected chi connectivity index (χ2v) is 6.65. The van der Waals surface area contributed by atoms with Gasteiger partial charge in [0.15, 0.2) is 0 Å². The highest BCUT2D eigenvalue weighted by Crippen LogP contribution is 2.20. The maximum absolute atomic E-state index is 12.4. The summed E-state index contributed by atoms with van der Waals surface area (Å²) in [5.74, 6) is -4.76. The second kappa shape index (κ2) is 7.39. The van der Waals surface area contributed by atoms with Crippen molar-refractivity contribution in [2.75, 3.05) is 7.11 Å². The molecule has 0 saturated heterocycles. The van der Waals surface area contributed by atoms with Gasteiger partial charge in [-0.3, -0.25) is 0 Å². The Bertz CT molecular complexity index is 874. The number of benzene rings is 2. The molecule has 0 unspecified atom stereocenters. The second-order valence-electron chi connectivity index (χ2n) is 4.74. The normalized spacial score (nSPS) is 11.2. The molecule has 0 radical (unpaired) electrons. The van der Waals surface area contributed by atoms with Crippen molar-refractivity contribution in [1.29, 1.82) is 0 Å². The molecule has 0 heterocycles. The number of hydrogen-bond donors (Lipinski definition) is 0. The molecule has 2 aromatic rings. The Hall–Kier alpha value is -2.81. The van der Waals surface area contributed by atoms with Crippen LogP contribution in [-0.4, -0.2) is 33.2 Å². The van der Waals surface area contributed by atoms with Gasteiger partial charge in [-0.1, -0.05) is 0 Å². The largest absolute Gasteiger partial charge is 0.465 e. The molecule has 0 N–H and O–H groups in total. The van der Waals surface area contributed by atoms with Crippen LogP contribution in [0.25, 0.3) is 0 Å². The van der Waals surface area contributed by atoms with Crippen LogP contribution in [0.1, 0.15) is 20.7 Å². The molecular weight excluding hydrogens is 358 g/mol. The molecule has 0 aromatic heterocycles. The van der Waals surface area contributed by atoms with E-state index in [0.717, 1.165) is 24.3 Å². The molecule has 9 heteroatoms. The molecule has 0 amide bonds. The standard InChI is InChI=1S/C16H12F2O6S/c1-23-14(19)10-2-6-12(7-3-10)24-15(20)11-4-8-13(9-5-11)25(21,22)16(17)18/h2-9,16H,1H3. The van der Waals surface area contributed by atoms with Crippen LogP contribution in [-0.2, 0) is 14.6 Å². The average molecular weight is 370 g/mol. The van der Waals surface area contributed by atoms with Gasteiger partial charge < -0.3 is 9.47 Å². The zero-order valence-electron chi connectivity index (χ0n) is 12.8. The average Bonchev–Trinajstić information content (AvgIpc) is 2.61. The SMILES string of the molecule is COC(=O)c1ccc(OC(=O)c2ccc(S(=O)(=O)C(F)F)cc2)cc1. The van der Waals surface area contributed by atoms with Crippen molar-refractivity contribution in [1.82, 2.24) is 0 Å². The molecule has 0 atom stereocenters. The van der Waals surface area contributed by atoms with Crippen LogP contribution in [0.2, 0.25) is 0 Å². The molecular formula is C16H12F2O6S. The third-order valence-electron chi connectivity index (χ3n) is 3.14. The fourth-order valence-electron chi connectivity index (χ4n) is 1.83. The van der Waals surface area contributed by atoms with Crippen LogP contribution in [0.3, 0.4) is 0 Å². The number of ether oxygens (including phenoxy) is 2. The number of alkyl halides is 2. The molecule has 0 aliphatic carbocycles. The van der Waals surface area contributed by atoms with Crippen molar-refractivity contribution in [3.05, 3.63) is 59.7 Å². The first-order chi connectivity index (χ1) is 11.8. The van der Waals surface area contributed by atoms with Crippen LogP contribution in [0.5, 0.6) is 5.75 Å². The topological polar surface area (TPSA) is 86.7 Å². The Morgan fingerprint density at radius 1 is 0.880 bits per heavy atom. The van der Waals surface area contributed by atoms with Gasteiger partial charge in [0.25, 0.3) is 0 Å². The first kappa shape index (κ1) is 18.5. The van der Waals surface area contributed by atoms with E-state index < -0.39 is 32.4 Å². The summed E-state index contributed by atoms with van der Waals surface area (Å²) in [4.78, 5) is 22.7. The summed E-state index contributed by atoms with van der Waals surface area (Å²) >= 11 is 0. The van der Waals surface area contributed by atoms with Crippen LogP contribution < -0.4 is 4.74 Å². The Labute approximate surface area is 141 Å². The molecule has 6 nitrogen and oxygen atoms in total. The molecule has 0 fully saturated rings. The van der Waals surface area contributed by atoms with Gasteiger partial charge >= 0.3 is 17.7 Å². The molecule has 132 valence electrons. The van der Waals surface area contributed by atoms with E-state index in [2.05, 4.69) is 4.74 Å². The summed E-state index contributed by atoms with van der Waals surface area (Å²) in [6, 6.07) is 9.48. The van der Waals surface area contributed by atoms with E-state index in [1.807, 2.05) is 0 Å². The molecule has 0 saturated carbocycles. The number of hydrogen-bond acceptors (Lipinski definition) is 6. The van der Waals surface area contributed by atoms with Gasteiger partial charge in [-0.25, -0.2) is 18.0 Å². The van der Waals surface area contributed by atoms with Crippen molar-refractivity contribution < 1.29 is 36.3 Å². The predicted octanol–water partition coefficient (Wildman–Crippen LogP) is 2.69. The Kier molecular flexibility index (Phi) is 5.48. The number of rotatable bonds is 5. The minimum Gasteiger partial charge on any atom is -0.465 e. The van der Waals surface area contributed by atoms with Gasteiger partial charge in [0.2, 0.25) is 9.84 Å². The first-order valence-corrected chi connectivity index (χ1v) is 8.33. The van der Waals surface area contributed by atoms with Crippen molar-refractivity contribution in [2.45, 2.75) is 10.7 Å². The molecule has 0 bridgehead atoms. The lowest BCUT2D eigenvalue weighted by molar-refractivity contribution is 0.0600. The fourth-order valence-corrected chi connectivity index (χ4v) is 2.55. The van der Waals surface area contributed by atoms with Crippen LogP contribution >= 0.6 is 0 Å². The fraction of sp³-hybridized carbons (Fsp3) is 0.125. The van der Waals surface area contributed by atoms with Gasteiger partial charge in [-0.2, -0.15) is 8.78 Å². The van der Waals surface area contributed by atoms with Gasteiger partial charge in [0.1, 0.15) is 5.75 Å². The summed E-state index contributed by atoms with van der Waals surface area (Å²) in [5.41, 5.74) is 0.245. The zero-order valence-corrected chi connectivity index (χ0v) is 13.6. The number of halogens is 2. The Balaban J connectivity index is 2.12. The number of methoxy groups -OCH3 is 1. The van der Waals surface area contributed by atoms with E-state index in [-0.39, 0.29) is 16.9 Å². The molecule has 0 spiro atoms. The summed E-state index contributed by atoms with van der Waals surface area (Å²) in [5, 5.41) is 0. The van der Waals surface area contributed by atoms with E-state index in [4.69, 9.17) is 4.74 Å². The third-order valence-corrected chi connectivity index (χ3v) is 4.54. The zero-order chi connectivity index (χ0) is 18.6. The highest BCUT2D eigenvalue weighted by Gasteiger charge is 2.26. The maximum atomic E-state index is 12.4. The van der Waals surface area contributed by atoms with Crippen LogP contribution in [0, 0.1) is 0 Å². The number of carbonyl (C=O) groups is 2. The van der Waals surface area contributed by atoms with E-state index in [9.17, 15) is 26.8 Å². The minimum absolute atomic E-state index is 0.0229. The monoisotopic (exact) mass is 370 g/mol. The summed E-state index contributed by atoms with van der Waals surface area (Å²) < 4.78 is 57.1. The van der Waals surface area contributed by atoms with Gasteiger partial charge in [0, 0.05) is 0 Å². The van der Waals surface area contributed by atoms with Crippen molar-refractivity contribution in [3.8, 4) is 5.75 Å². The van der Waals surface area contributed by atoms with Gasteiger partial charge in [-0.15, -0.1) is 0 Å². The van der Waals surface area contributed by atoms with Crippen molar-refractivity contribution in [2.24, 2.45) is 0 Å². The predicted molar refractivity (Wildman–Crippen MR) is 82.4 cm³/mol. The molecule has 2 aromatic carbocycles. The smallest absolute Gasteiger partial charge is 0.343 e. The lowest BCUT2D eigenvalue weighted by Crippen LogP contribution is -2.12. The van der Waals surface area contributed by atoms with Crippen molar-refractivity contribution >= 4 is 21.8 Å². The van der Waals surface area contributed by atoms with E-state index in [0.29, 0.717) is 0 Å². The number of carbonyl (C=O) groups excluding carboxylic acids is 2. The minimum atomic E-state index is -4.72. The maximum Gasteiger partial charge on any atom is 0.343 e. The van der Waals surface area contributed by atoms with Crippen molar-refractivity contribution in [3.63, 3.8) is 0 Å². The Morgan fingerprint density at radius 2 is 1.36 bits per heavy atom. The van der Waals surface area contributed by atoms with E-state index in [1.54, 1.807) is 0 Å². The summed E-state index contributed by atoms with van der Waals surface area (Å²) in [6.07, 6.45) is 0. The first-order valence-electron chi connectivity index (χ1n) is 6.78. The lowest BCUT2D eigenvalue weighted by Gasteiger charge is -2.06. The summed E-state index contributed by atoms with van der Waals surface area (Å²) in [6.45, 7) is 0. The van der Waals surface area contributed by atoms with Crippen LogP contribution in [0.15, 0.2) is 53.4 Å². The van der Waals surface area contributed by atoms with Gasteiger partial charge in [0.05, 0.1) is 23.1 Å². The number of esters is 2. The highest BCUT2D eigenvalue weighted by atomic mass is 32.2. The quantitative estimate of drug-likeness (QED) is 0.594.